The number of hydrogen-bond acceptors (Lipinski definition) is 6. The summed E-state index contributed by atoms with van der Waals surface area (Å²) >= 11 is 0. The fourth-order valence-electron chi connectivity index (χ4n) is 5.18. The third kappa shape index (κ3) is 6.00. The van der Waals surface area contributed by atoms with Crippen molar-refractivity contribution >= 4 is 29.4 Å². The zero-order valence-electron chi connectivity index (χ0n) is 20.8. The highest BCUT2D eigenvalue weighted by atomic mass is 19.4. The summed E-state index contributed by atoms with van der Waals surface area (Å²) in [6.07, 6.45) is -0.420. The van der Waals surface area contributed by atoms with Crippen molar-refractivity contribution in [2.75, 3.05) is 18.2 Å². The number of benzene rings is 1. The number of anilines is 2. The molecule has 1 aromatic heterocycles. The summed E-state index contributed by atoms with van der Waals surface area (Å²) in [5.74, 6) is -2.43. The third-order valence-electron chi connectivity index (χ3n) is 7.11. The summed E-state index contributed by atoms with van der Waals surface area (Å²) in [6, 6.07) is 4.87. The second-order valence-corrected chi connectivity index (χ2v) is 9.64. The minimum atomic E-state index is -4.69. The highest BCUT2D eigenvalue weighted by Crippen LogP contribution is 2.36. The maximum absolute atomic E-state index is 13.9. The number of carbonyl (C=O) groups is 3. The number of carbonyl (C=O) groups excluding carboxylic acids is 3. The Balaban J connectivity index is 1.56. The number of rotatable bonds is 7. The van der Waals surface area contributed by atoms with Gasteiger partial charge in [0.2, 0.25) is 11.8 Å². The van der Waals surface area contributed by atoms with Gasteiger partial charge in [0, 0.05) is 11.9 Å². The summed E-state index contributed by atoms with van der Waals surface area (Å²) in [5, 5.41) is 4.68. The van der Waals surface area contributed by atoms with Gasteiger partial charge in [-0.1, -0.05) is 19.3 Å². The van der Waals surface area contributed by atoms with Crippen molar-refractivity contribution in [3.05, 3.63) is 48.2 Å². The Kier molecular flexibility index (Phi) is 8.08. The monoisotopic (exact) mass is 533 g/mol. The number of hydrogen-bond donors (Lipinski definition) is 3. The van der Waals surface area contributed by atoms with E-state index in [2.05, 4.69) is 10.3 Å². The van der Waals surface area contributed by atoms with Gasteiger partial charge in [0.25, 0.3) is 0 Å². The highest BCUT2D eigenvalue weighted by Gasteiger charge is 2.56. The molecule has 4 rings (SSSR count). The number of alkyl halides is 3. The first-order chi connectivity index (χ1) is 18.1. The number of methoxy groups -OCH3 is 1. The molecule has 2 heterocycles. The molecule has 1 aliphatic heterocycles. The van der Waals surface area contributed by atoms with Crippen molar-refractivity contribution in [2.45, 2.75) is 56.8 Å². The van der Waals surface area contributed by atoms with Crippen LogP contribution in [0.1, 0.15) is 37.7 Å². The normalized spacial score (nSPS) is 20.8. The van der Waals surface area contributed by atoms with E-state index < -0.39 is 47.9 Å². The quantitative estimate of drug-likeness (QED) is 0.464. The number of imide groups is 1. The maximum Gasteiger partial charge on any atom is 0.408 e. The molecule has 1 aliphatic carbocycles. The lowest BCUT2D eigenvalue weighted by Gasteiger charge is -2.45. The molecule has 0 unspecified atom stereocenters. The van der Waals surface area contributed by atoms with E-state index in [1.807, 2.05) is 5.32 Å². The number of ether oxygens (including phenoxy) is 1. The first kappa shape index (κ1) is 27.2. The van der Waals surface area contributed by atoms with Crippen LogP contribution in [0.2, 0.25) is 0 Å². The Morgan fingerprint density at radius 1 is 1.16 bits per heavy atom. The largest absolute Gasteiger partial charge is 0.497 e. The zero-order chi connectivity index (χ0) is 27.4. The highest BCUT2D eigenvalue weighted by molar-refractivity contribution is 6.12. The van der Waals surface area contributed by atoms with Crippen LogP contribution in [0.25, 0.3) is 0 Å². The van der Waals surface area contributed by atoms with Crippen molar-refractivity contribution < 1.29 is 32.3 Å². The molecule has 4 amide bonds. The fourth-order valence-corrected chi connectivity index (χ4v) is 5.18. The molecule has 0 spiro atoms. The number of β-lactam (4-membered cyclic amide) rings is 1. The molecule has 4 N–H and O–H groups in total. The molecule has 12 heteroatoms. The topological polar surface area (TPSA) is 127 Å². The van der Waals surface area contributed by atoms with Gasteiger partial charge in [-0.05, 0) is 67.1 Å². The van der Waals surface area contributed by atoms with Crippen LogP contribution in [-0.4, -0.2) is 53.1 Å². The second kappa shape index (κ2) is 11.3. The van der Waals surface area contributed by atoms with Gasteiger partial charge in [-0.15, -0.1) is 0 Å². The first-order valence-corrected chi connectivity index (χ1v) is 12.4. The van der Waals surface area contributed by atoms with Crippen LogP contribution in [-0.2, 0) is 16.0 Å². The molecule has 0 bridgehead atoms. The number of aromatic nitrogens is 1. The minimum Gasteiger partial charge on any atom is -0.497 e. The molecule has 3 atom stereocenters. The number of urea groups is 1. The molecule has 38 heavy (non-hydrogen) atoms. The number of halogens is 3. The van der Waals surface area contributed by atoms with Crippen LogP contribution >= 0.6 is 0 Å². The molecule has 2 aliphatic rings. The number of nitrogens with one attached hydrogen (secondary N) is 2. The van der Waals surface area contributed by atoms with E-state index in [0.29, 0.717) is 47.6 Å². The van der Waals surface area contributed by atoms with Crippen LogP contribution in [0.15, 0.2) is 42.6 Å². The van der Waals surface area contributed by atoms with E-state index in [0.717, 1.165) is 6.42 Å². The van der Waals surface area contributed by atoms with Crippen molar-refractivity contribution in [3.8, 4) is 5.75 Å². The Morgan fingerprint density at radius 2 is 1.84 bits per heavy atom. The van der Waals surface area contributed by atoms with Crippen LogP contribution in [0.3, 0.4) is 0 Å². The molecule has 2 fully saturated rings. The summed E-state index contributed by atoms with van der Waals surface area (Å²) < 4.78 is 46.9. The van der Waals surface area contributed by atoms with Gasteiger partial charge in [0.1, 0.15) is 23.7 Å². The molecular weight excluding hydrogens is 503 g/mol. The number of nitrogens with zero attached hydrogens (tertiary/aromatic N) is 2. The molecule has 0 radical (unpaired) electrons. The number of likely N-dealkylation sites (tertiary alicyclic amines) is 1. The van der Waals surface area contributed by atoms with E-state index in [-0.39, 0.29) is 12.2 Å². The Bertz CT molecular complexity index is 1170. The Hall–Kier alpha value is -3.83. The molecule has 9 nitrogen and oxygen atoms in total. The Labute approximate surface area is 217 Å². The first-order valence-electron chi connectivity index (χ1n) is 12.4. The molecule has 204 valence electrons. The molecule has 1 saturated heterocycles. The minimum absolute atomic E-state index is 0.0569. The van der Waals surface area contributed by atoms with Gasteiger partial charge in [-0.2, -0.15) is 13.2 Å². The number of pyridine rings is 1. The summed E-state index contributed by atoms with van der Waals surface area (Å²) in [4.78, 5) is 44.0. The van der Waals surface area contributed by atoms with E-state index in [9.17, 15) is 27.6 Å². The lowest BCUT2D eigenvalue weighted by atomic mass is 9.81. The van der Waals surface area contributed by atoms with Crippen LogP contribution in [0, 0.1) is 11.8 Å². The average molecular weight is 534 g/mol. The van der Waals surface area contributed by atoms with E-state index in [1.54, 1.807) is 30.3 Å². The van der Waals surface area contributed by atoms with Crippen molar-refractivity contribution in [1.82, 2.24) is 15.2 Å². The summed E-state index contributed by atoms with van der Waals surface area (Å²) in [6.45, 7) is 0. The molecule has 1 aromatic carbocycles. The lowest BCUT2D eigenvalue weighted by Crippen LogP contribution is -2.71. The van der Waals surface area contributed by atoms with Gasteiger partial charge in [0.05, 0.1) is 13.0 Å². The standard InChI is InChI=1S/C26H30F3N5O4/c1-38-18-9-7-17(8-10-18)32-23(35)21-19(13-15-11-12-31-20(30)14-15)24(36)34(21)25(37)33-22(26(27,28)29)16-5-3-2-4-6-16/h7-12,14,16,19,21-22H,2-6,13H2,1H3,(H2,30,31)(H,32,35)(H,33,37)/t19-,21+,22+/m1/s1. The van der Waals surface area contributed by atoms with Crippen LogP contribution in [0.4, 0.5) is 29.5 Å². The number of amides is 4. The molecular formula is C26H30F3N5O4. The van der Waals surface area contributed by atoms with E-state index in [4.69, 9.17) is 10.5 Å². The maximum atomic E-state index is 13.9. The number of nitrogens with two attached hydrogens (primary N) is 1. The molecule has 2 aromatic rings. The van der Waals surface area contributed by atoms with Crippen molar-refractivity contribution in [3.63, 3.8) is 0 Å². The van der Waals surface area contributed by atoms with Gasteiger partial charge in [0.15, 0.2) is 0 Å². The average Bonchev–Trinajstić information content (AvgIpc) is 2.89. The second-order valence-electron chi connectivity index (χ2n) is 9.64. The smallest absolute Gasteiger partial charge is 0.408 e. The fraction of sp³-hybridized carbons (Fsp3) is 0.462. The predicted octanol–water partition coefficient (Wildman–Crippen LogP) is 3.90. The summed E-state index contributed by atoms with van der Waals surface area (Å²) in [7, 11) is 1.49. The zero-order valence-corrected chi connectivity index (χ0v) is 20.8. The van der Waals surface area contributed by atoms with Gasteiger partial charge in [-0.25, -0.2) is 9.78 Å². The van der Waals surface area contributed by atoms with Gasteiger partial charge < -0.3 is 21.1 Å². The van der Waals surface area contributed by atoms with E-state index in [1.165, 1.54) is 19.4 Å². The SMILES string of the molecule is COc1ccc(NC(=O)[C@@H]2[C@@H](Cc3ccnc(N)c3)C(=O)N2C(=O)N[C@@H](C2CCCCC2)C(F)(F)F)cc1. The summed E-state index contributed by atoms with van der Waals surface area (Å²) in [5.41, 5.74) is 6.70. The van der Waals surface area contributed by atoms with Crippen molar-refractivity contribution in [2.24, 2.45) is 11.8 Å². The lowest BCUT2D eigenvalue weighted by molar-refractivity contribution is -0.170. The Morgan fingerprint density at radius 3 is 2.45 bits per heavy atom. The molecule has 1 saturated carbocycles. The van der Waals surface area contributed by atoms with Crippen molar-refractivity contribution in [1.29, 1.82) is 0 Å². The van der Waals surface area contributed by atoms with Gasteiger partial charge >= 0.3 is 12.2 Å². The van der Waals surface area contributed by atoms with Crippen LogP contribution in [0.5, 0.6) is 5.75 Å². The van der Waals surface area contributed by atoms with Crippen LogP contribution < -0.4 is 21.1 Å². The van der Waals surface area contributed by atoms with Gasteiger partial charge in [-0.3, -0.25) is 14.5 Å². The third-order valence-corrected chi connectivity index (χ3v) is 7.11. The van der Waals surface area contributed by atoms with E-state index >= 15 is 0 Å². The number of nitrogen functional groups attached to an aromatic ring is 1. The predicted molar refractivity (Wildman–Crippen MR) is 133 cm³/mol.